The third kappa shape index (κ3) is 6.21. The monoisotopic (exact) mass is 360 g/mol. The number of amides is 2. The van der Waals surface area contributed by atoms with Crippen LogP contribution in [0.25, 0.3) is 0 Å². The van der Waals surface area contributed by atoms with Crippen molar-refractivity contribution in [2.45, 2.75) is 13.8 Å². The van der Waals surface area contributed by atoms with Crippen molar-refractivity contribution in [1.82, 2.24) is 0 Å². The number of benzene rings is 2. The van der Waals surface area contributed by atoms with E-state index in [1.165, 1.54) is 0 Å². The number of anilines is 2. The summed E-state index contributed by atoms with van der Waals surface area (Å²) in [5.74, 6) is -0.293. The number of halogens is 1. The first-order chi connectivity index (χ1) is 11.8. The van der Waals surface area contributed by atoms with Crippen LogP contribution >= 0.6 is 11.6 Å². The summed E-state index contributed by atoms with van der Waals surface area (Å²) in [6.07, 6.45) is 0. The fourth-order valence-electron chi connectivity index (χ4n) is 2.38. The quantitative estimate of drug-likeness (QED) is 0.738. The van der Waals surface area contributed by atoms with Gasteiger partial charge in [0.05, 0.1) is 7.05 Å². The van der Waals surface area contributed by atoms with Gasteiger partial charge in [-0.3, -0.25) is 9.59 Å². The summed E-state index contributed by atoms with van der Waals surface area (Å²) in [5.41, 5.74) is 3.51. The summed E-state index contributed by atoms with van der Waals surface area (Å²) >= 11 is 5.95. The van der Waals surface area contributed by atoms with Crippen LogP contribution in [0, 0.1) is 13.8 Å². The van der Waals surface area contributed by atoms with Crippen molar-refractivity contribution >= 4 is 34.8 Å². The molecule has 0 radical (unpaired) electrons. The third-order valence-electron chi connectivity index (χ3n) is 3.73. The van der Waals surface area contributed by atoms with Crippen LogP contribution in [0.1, 0.15) is 11.1 Å². The van der Waals surface area contributed by atoms with Gasteiger partial charge in [0.1, 0.15) is 0 Å². The molecule has 0 aliphatic heterocycles. The Morgan fingerprint density at radius 1 is 0.960 bits per heavy atom. The molecule has 25 heavy (non-hydrogen) atoms. The van der Waals surface area contributed by atoms with Crippen LogP contribution < -0.4 is 15.5 Å². The molecule has 0 heterocycles. The Morgan fingerprint density at radius 3 is 2.20 bits per heavy atom. The Labute approximate surface area is 153 Å². The molecule has 5 nitrogen and oxygen atoms in total. The largest absolute Gasteiger partial charge is 0.322 e. The Hall–Kier alpha value is -2.37. The highest BCUT2D eigenvalue weighted by molar-refractivity contribution is 6.31. The van der Waals surface area contributed by atoms with Gasteiger partial charge in [-0.05, 0) is 43.7 Å². The topological polar surface area (TPSA) is 62.6 Å². The highest BCUT2D eigenvalue weighted by Gasteiger charge is 2.15. The van der Waals surface area contributed by atoms with Gasteiger partial charge in [-0.2, -0.15) is 0 Å². The normalized spacial score (nSPS) is 11.7. The molecule has 0 spiro atoms. The molecule has 2 aromatic rings. The highest BCUT2D eigenvalue weighted by atomic mass is 35.5. The number of nitrogens with one attached hydrogen (secondary N) is 3. The van der Waals surface area contributed by atoms with E-state index < -0.39 is 0 Å². The molecular formula is C19H23ClN3O2+. The molecule has 0 saturated carbocycles. The number of hydrogen-bond acceptors (Lipinski definition) is 2. The number of rotatable bonds is 6. The molecule has 2 amide bonds. The summed E-state index contributed by atoms with van der Waals surface area (Å²) in [5, 5.41) is 6.23. The molecule has 1 atom stereocenters. The van der Waals surface area contributed by atoms with Gasteiger partial charge in [0.25, 0.3) is 11.8 Å². The van der Waals surface area contributed by atoms with E-state index in [4.69, 9.17) is 11.6 Å². The van der Waals surface area contributed by atoms with Crippen molar-refractivity contribution < 1.29 is 14.5 Å². The van der Waals surface area contributed by atoms with E-state index >= 15 is 0 Å². The first-order valence-electron chi connectivity index (χ1n) is 8.07. The van der Waals surface area contributed by atoms with Gasteiger partial charge < -0.3 is 15.5 Å². The average molecular weight is 361 g/mol. The lowest BCUT2D eigenvalue weighted by Crippen LogP contribution is -3.11. The number of carbonyl (C=O) groups is 2. The molecule has 0 aliphatic rings. The lowest BCUT2D eigenvalue weighted by atomic mass is 10.2. The maximum absolute atomic E-state index is 12.2. The molecule has 0 fully saturated rings. The molecule has 3 N–H and O–H groups in total. The smallest absolute Gasteiger partial charge is 0.279 e. The maximum atomic E-state index is 12.2. The van der Waals surface area contributed by atoms with Gasteiger partial charge in [-0.1, -0.05) is 35.4 Å². The van der Waals surface area contributed by atoms with E-state index in [2.05, 4.69) is 10.6 Å². The van der Waals surface area contributed by atoms with Crippen LogP contribution in [0.15, 0.2) is 42.5 Å². The minimum Gasteiger partial charge on any atom is -0.322 e. The molecular weight excluding hydrogens is 338 g/mol. The van der Waals surface area contributed by atoms with Crippen LogP contribution in [0.3, 0.4) is 0 Å². The zero-order valence-corrected chi connectivity index (χ0v) is 15.4. The molecule has 0 saturated heterocycles. The van der Waals surface area contributed by atoms with Crippen LogP contribution in [-0.4, -0.2) is 32.0 Å². The van der Waals surface area contributed by atoms with Gasteiger partial charge in [0, 0.05) is 16.4 Å². The first-order valence-corrected chi connectivity index (χ1v) is 8.45. The van der Waals surface area contributed by atoms with Crippen LogP contribution in [-0.2, 0) is 9.59 Å². The van der Waals surface area contributed by atoms with E-state index in [9.17, 15) is 9.59 Å². The third-order valence-corrected chi connectivity index (χ3v) is 3.97. The zero-order chi connectivity index (χ0) is 18.4. The van der Waals surface area contributed by atoms with E-state index in [0.29, 0.717) is 10.7 Å². The molecule has 0 aliphatic carbocycles. The van der Waals surface area contributed by atoms with Crippen molar-refractivity contribution in [2.75, 3.05) is 30.8 Å². The molecule has 0 bridgehead atoms. The number of quaternary nitrogens is 1. The van der Waals surface area contributed by atoms with Gasteiger partial charge in [0.15, 0.2) is 13.1 Å². The summed E-state index contributed by atoms with van der Waals surface area (Å²) < 4.78 is 0. The van der Waals surface area contributed by atoms with E-state index in [-0.39, 0.29) is 24.9 Å². The molecule has 2 aromatic carbocycles. The number of aryl methyl sites for hydroxylation is 2. The van der Waals surface area contributed by atoms with Gasteiger partial charge in [-0.25, -0.2) is 0 Å². The van der Waals surface area contributed by atoms with E-state index in [1.807, 2.05) is 44.2 Å². The SMILES string of the molecule is Cc1ccc(NC(=O)C[NH+](C)CC(=O)Nc2cc(Cl)ccc2C)cc1. The lowest BCUT2D eigenvalue weighted by molar-refractivity contribution is -0.862. The van der Waals surface area contributed by atoms with Crippen molar-refractivity contribution in [2.24, 2.45) is 0 Å². The number of carbonyl (C=O) groups excluding carboxylic acids is 2. The van der Waals surface area contributed by atoms with Crippen LogP contribution in [0.2, 0.25) is 5.02 Å². The van der Waals surface area contributed by atoms with Crippen molar-refractivity contribution in [3.63, 3.8) is 0 Å². The van der Waals surface area contributed by atoms with Gasteiger partial charge in [0.2, 0.25) is 0 Å². The zero-order valence-electron chi connectivity index (χ0n) is 14.7. The molecule has 6 heteroatoms. The van der Waals surface area contributed by atoms with E-state index in [0.717, 1.165) is 21.7 Å². The van der Waals surface area contributed by atoms with Crippen LogP contribution in [0.5, 0.6) is 0 Å². The number of hydrogen-bond donors (Lipinski definition) is 3. The van der Waals surface area contributed by atoms with Gasteiger partial charge >= 0.3 is 0 Å². The van der Waals surface area contributed by atoms with Crippen molar-refractivity contribution in [1.29, 1.82) is 0 Å². The fourth-order valence-corrected chi connectivity index (χ4v) is 2.55. The predicted octanol–water partition coefficient (Wildman–Crippen LogP) is 2.05. The maximum Gasteiger partial charge on any atom is 0.279 e. The highest BCUT2D eigenvalue weighted by Crippen LogP contribution is 2.19. The molecule has 132 valence electrons. The summed E-state index contributed by atoms with van der Waals surface area (Å²) in [7, 11) is 1.80. The summed E-state index contributed by atoms with van der Waals surface area (Å²) in [6.45, 7) is 4.28. The molecule has 2 rings (SSSR count). The van der Waals surface area contributed by atoms with Gasteiger partial charge in [-0.15, -0.1) is 0 Å². The first kappa shape index (κ1) is 19.0. The summed E-state index contributed by atoms with van der Waals surface area (Å²) in [6, 6.07) is 12.9. The molecule has 0 aromatic heterocycles. The summed E-state index contributed by atoms with van der Waals surface area (Å²) in [4.78, 5) is 25.0. The fraction of sp³-hybridized carbons (Fsp3) is 0.263. The Balaban J connectivity index is 1.83. The minimum absolute atomic E-state index is 0.131. The average Bonchev–Trinajstić information content (AvgIpc) is 2.52. The van der Waals surface area contributed by atoms with Crippen molar-refractivity contribution in [3.8, 4) is 0 Å². The second-order valence-electron chi connectivity index (χ2n) is 6.23. The van der Waals surface area contributed by atoms with Crippen LogP contribution in [0.4, 0.5) is 11.4 Å². The second kappa shape index (κ2) is 8.65. The Morgan fingerprint density at radius 2 is 1.56 bits per heavy atom. The number of likely N-dealkylation sites (N-methyl/N-ethyl adjacent to an activating group) is 1. The van der Waals surface area contributed by atoms with E-state index in [1.54, 1.807) is 19.2 Å². The molecule has 1 unspecified atom stereocenters. The Kier molecular flexibility index (Phi) is 6.56. The second-order valence-corrected chi connectivity index (χ2v) is 6.67. The Bertz CT molecular complexity index is 760. The standard InChI is InChI=1S/C19H22ClN3O2/c1-13-4-8-16(9-5-13)21-18(24)11-23(3)12-19(25)22-17-10-15(20)7-6-14(17)2/h4-10H,11-12H2,1-3H3,(H,21,24)(H,22,25)/p+1. The van der Waals surface area contributed by atoms with Crippen molar-refractivity contribution in [3.05, 3.63) is 58.6 Å². The lowest BCUT2D eigenvalue weighted by Gasteiger charge is -2.14. The predicted molar refractivity (Wildman–Crippen MR) is 101 cm³/mol. The minimum atomic E-state index is -0.161.